The van der Waals surface area contributed by atoms with E-state index in [1.54, 1.807) is 6.07 Å². The number of carbonyl (C=O) groups is 1. The van der Waals surface area contributed by atoms with Crippen LogP contribution < -0.4 is 11.1 Å². The summed E-state index contributed by atoms with van der Waals surface area (Å²) >= 11 is 0. The third-order valence-corrected chi connectivity index (χ3v) is 3.21. The monoisotopic (exact) mass is 278 g/mol. The predicted molar refractivity (Wildman–Crippen MR) is 86.2 cm³/mol. The van der Waals surface area contributed by atoms with Gasteiger partial charge in [0.15, 0.2) is 0 Å². The Morgan fingerprint density at radius 3 is 2.57 bits per heavy atom. The van der Waals surface area contributed by atoms with Crippen molar-refractivity contribution in [3.63, 3.8) is 0 Å². The van der Waals surface area contributed by atoms with Crippen LogP contribution in [0.25, 0.3) is 0 Å². The summed E-state index contributed by atoms with van der Waals surface area (Å²) in [6, 6.07) is 13.2. The fourth-order valence-corrected chi connectivity index (χ4v) is 2.00. The minimum Gasteiger partial charge on any atom is -0.322 e. The Morgan fingerprint density at radius 2 is 1.90 bits per heavy atom. The second-order valence-corrected chi connectivity index (χ2v) is 4.80. The van der Waals surface area contributed by atoms with Crippen LogP contribution in [0.5, 0.6) is 0 Å². The molecule has 0 radical (unpaired) electrons. The minimum atomic E-state index is -0.120. The number of para-hydroxylation sites is 1. The maximum absolute atomic E-state index is 12.3. The van der Waals surface area contributed by atoms with E-state index in [-0.39, 0.29) is 5.91 Å². The van der Waals surface area contributed by atoms with Gasteiger partial charge < -0.3 is 11.1 Å². The lowest BCUT2D eigenvalue weighted by Crippen LogP contribution is -2.13. The Morgan fingerprint density at radius 1 is 1.14 bits per heavy atom. The number of aryl methyl sites for hydroxylation is 2. The molecule has 0 atom stereocenters. The number of carbonyl (C=O) groups excluding carboxylic acids is 1. The number of nitrogens with two attached hydrogens (primary N) is 1. The predicted octanol–water partition coefficient (Wildman–Crippen LogP) is 2.87. The molecule has 0 spiro atoms. The smallest absolute Gasteiger partial charge is 0.255 e. The van der Waals surface area contributed by atoms with Crippen LogP contribution in [0.3, 0.4) is 0 Å². The van der Waals surface area contributed by atoms with Gasteiger partial charge in [-0.15, -0.1) is 0 Å². The van der Waals surface area contributed by atoms with E-state index in [4.69, 9.17) is 5.73 Å². The van der Waals surface area contributed by atoms with Crippen molar-refractivity contribution >= 4 is 11.6 Å². The molecule has 3 nitrogen and oxygen atoms in total. The van der Waals surface area contributed by atoms with E-state index < -0.39 is 0 Å². The van der Waals surface area contributed by atoms with Gasteiger partial charge in [0.1, 0.15) is 0 Å². The van der Waals surface area contributed by atoms with E-state index in [1.165, 1.54) is 0 Å². The van der Waals surface area contributed by atoms with E-state index in [0.29, 0.717) is 12.1 Å². The number of hydrogen-bond donors (Lipinski definition) is 2. The van der Waals surface area contributed by atoms with Crippen LogP contribution in [0.4, 0.5) is 5.69 Å². The molecule has 21 heavy (non-hydrogen) atoms. The third kappa shape index (κ3) is 3.71. The Balaban J connectivity index is 2.21. The summed E-state index contributed by atoms with van der Waals surface area (Å²) in [6.45, 7) is 4.23. The van der Waals surface area contributed by atoms with Gasteiger partial charge in [0, 0.05) is 16.8 Å². The molecule has 0 aliphatic carbocycles. The van der Waals surface area contributed by atoms with E-state index in [2.05, 4.69) is 17.2 Å². The maximum Gasteiger partial charge on any atom is 0.255 e. The van der Waals surface area contributed by atoms with E-state index >= 15 is 0 Å². The van der Waals surface area contributed by atoms with Crippen LogP contribution in [-0.4, -0.2) is 12.5 Å². The number of anilines is 1. The first-order valence-electron chi connectivity index (χ1n) is 6.78. The average Bonchev–Trinajstić information content (AvgIpc) is 2.48. The molecular weight excluding hydrogens is 260 g/mol. The highest BCUT2D eigenvalue weighted by atomic mass is 16.1. The lowest BCUT2D eigenvalue weighted by molar-refractivity contribution is 0.102. The molecule has 2 aromatic rings. The Labute approximate surface area is 125 Å². The molecule has 106 valence electrons. The molecule has 0 bridgehead atoms. The lowest BCUT2D eigenvalue weighted by Gasteiger charge is -2.09. The van der Waals surface area contributed by atoms with Gasteiger partial charge >= 0.3 is 0 Å². The standard InChI is InChI=1S/C18H18N2O/c1-13-6-3-4-8-17(13)20-18(21)16-10-9-15(7-5-11-19)14(2)12-16/h3-4,6,8-10,12H,11,19H2,1-2H3,(H,20,21). The van der Waals surface area contributed by atoms with Crippen LogP contribution in [0.15, 0.2) is 42.5 Å². The molecule has 0 saturated heterocycles. The highest BCUT2D eigenvalue weighted by Crippen LogP contribution is 2.16. The van der Waals surface area contributed by atoms with Crippen molar-refractivity contribution in [2.24, 2.45) is 5.73 Å². The van der Waals surface area contributed by atoms with Gasteiger partial charge in [-0.3, -0.25) is 4.79 Å². The maximum atomic E-state index is 12.3. The van der Waals surface area contributed by atoms with Gasteiger partial charge in [0.25, 0.3) is 5.91 Å². The number of benzene rings is 2. The fraction of sp³-hybridized carbons (Fsp3) is 0.167. The number of rotatable bonds is 2. The summed E-state index contributed by atoms with van der Waals surface area (Å²) in [5, 5.41) is 2.92. The molecule has 0 aliphatic heterocycles. The number of hydrogen-bond acceptors (Lipinski definition) is 2. The summed E-state index contributed by atoms with van der Waals surface area (Å²) in [7, 11) is 0. The zero-order chi connectivity index (χ0) is 15.2. The largest absolute Gasteiger partial charge is 0.322 e. The normalized spacial score (nSPS) is 9.67. The van der Waals surface area contributed by atoms with Crippen molar-refractivity contribution in [3.05, 3.63) is 64.7 Å². The third-order valence-electron chi connectivity index (χ3n) is 3.21. The van der Waals surface area contributed by atoms with Crippen molar-refractivity contribution in [2.45, 2.75) is 13.8 Å². The van der Waals surface area contributed by atoms with Crippen LogP contribution in [0, 0.1) is 25.7 Å². The van der Waals surface area contributed by atoms with E-state index in [1.807, 2.05) is 50.2 Å². The van der Waals surface area contributed by atoms with Gasteiger partial charge in [0.2, 0.25) is 0 Å². The van der Waals surface area contributed by atoms with Gasteiger partial charge in [-0.25, -0.2) is 0 Å². The highest BCUT2D eigenvalue weighted by Gasteiger charge is 2.08. The number of amides is 1. The second-order valence-electron chi connectivity index (χ2n) is 4.80. The molecule has 2 rings (SSSR count). The quantitative estimate of drug-likeness (QED) is 0.830. The van der Waals surface area contributed by atoms with Crippen molar-refractivity contribution in [2.75, 3.05) is 11.9 Å². The van der Waals surface area contributed by atoms with Gasteiger partial charge in [-0.2, -0.15) is 0 Å². The number of nitrogens with one attached hydrogen (secondary N) is 1. The van der Waals surface area contributed by atoms with Gasteiger partial charge in [0.05, 0.1) is 6.54 Å². The lowest BCUT2D eigenvalue weighted by atomic mass is 10.0. The summed E-state index contributed by atoms with van der Waals surface area (Å²) in [5.74, 6) is 5.69. The Kier molecular flexibility index (Phi) is 4.76. The zero-order valence-corrected chi connectivity index (χ0v) is 12.2. The molecule has 0 saturated carbocycles. The SMILES string of the molecule is Cc1cc(C(=O)Nc2ccccc2C)ccc1C#CCN. The highest BCUT2D eigenvalue weighted by molar-refractivity contribution is 6.04. The minimum absolute atomic E-state index is 0.120. The van der Waals surface area contributed by atoms with Gasteiger partial charge in [-0.1, -0.05) is 30.0 Å². The van der Waals surface area contributed by atoms with Crippen molar-refractivity contribution < 1.29 is 4.79 Å². The summed E-state index contributed by atoms with van der Waals surface area (Å²) in [5.41, 5.74) is 9.71. The summed E-state index contributed by atoms with van der Waals surface area (Å²) < 4.78 is 0. The van der Waals surface area contributed by atoms with Crippen LogP contribution in [0.1, 0.15) is 27.0 Å². The molecular formula is C18H18N2O. The first-order chi connectivity index (χ1) is 10.1. The van der Waals surface area contributed by atoms with Crippen molar-refractivity contribution in [1.29, 1.82) is 0 Å². The van der Waals surface area contributed by atoms with Crippen LogP contribution in [-0.2, 0) is 0 Å². The molecule has 3 N–H and O–H groups in total. The molecule has 0 aromatic heterocycles. The first-order valence-corrected chi connectivity index (χ1v) is 6.78. The first kappa shape index (κ1) is 14.8. The fourth-order valence-electron chi connectivity index (χ4n) is 2.00. The molecule has 0 fully saturated rings. The Bertz CT molecular complexity index is 723. The second kappa shape index (κ2) is 6.74. The topological polar surface area (TPSA) is 55.1 Å². The summed E-state index contributed by atoms with van der Waals surface area (Å²) in [6.07, 6.45) is 0. The Hall–Kier alpha value is -2.57. The molecule has 0 aliphatic rings. The van der Waals surface area contributed by atoms with Crippen LogP contribution in [0.2, 0.25) is 0 Å². The molecule has 0 heterocycles. The zero-order valence-electron chi connectivity index (χ0n) is 12.2. The molecule has 3 heteroatoms. The van der Waals surface area contributed by atoms with E-state index in [0.717, 1.165) is 22.4 Å². The van der Waals surface area contributed by atoms with Crippen molar-refractivity contribution in [1.82, 2.24) is 0 Å². The molecule has 0 unspecified atom stereocenters. The molecule has 1 amide bonds. The average molecular weight is 278 g/mol. The van der Waals surface area contributed by atoms with Crippen molar-refractivity contribution in [3.8, 4) is 11.8 Å². The van der Waals surface area contributed by atoms with Gasteiger partial charge in [-0.05, 0) is 49.2 Å². The van der Waals surface area contributed by atoms with Crippen LogP contribution >= 0.6 is 0 Å². The van der Waals surface area contributed by atoms with E-state index in [9.17, 15) is 4.79 Å². The molecule has 2 aromatic carbocycles. The summed E-state index contributed by atoms with van der Waals surface area (Å²) in [4.78, 5) is 12.3.